The van der Waals surface area contributed by atoms with Crippen LogP contribution >= 0.6 is 7.75 Å². The number of hydrogen-bond acceptors (Lipinski definition) is 11. The van der Waals surface area contributed by atoms with Crippen molar-refractivity contribution in [3.05, 3.63) is 70.0 Å². The van der Waals surface area contributed by atoms with Crippen molar-refractivity contribution < 1.29 is 37.4 Å². The molecule has 222 valence electrons. The van der Waals surface area contributed by atoms with Gasteiger partial charge in [0.2, 0.25) is 0 Å². The minimum atomic E-state index is -4.41. The third-order valence-electron chi connectivity index (χ3n) is 6.03. The number of aliphatic hydroxyl groups is 1. The zero-order chi connectivity index (χ0) is 29.9. The first kappa shape index (κ1) is 30.3. The second-order valence-corrected chi connectivity index (χ2v) is 11.4. The standard InChI is InChI=1S/C24H30FN6O9P/c1-14(2)38-21(34)15(3)29-41(36,40-17-7-5-16(6-8-17)31-13-26-12-27-31)37-11-18-20(33)24(4,25)22(39-18)30-10-9-19(32)28-23(30)35/h5-10,12-15,18,20,22,33H,11H2,1-4H3,(H,29,36)(H,28,32,35)/t15?,18-,20-,22-,24-,41?/m1/s1. The van der Waals surface area contributed by atoms with Crippen molar-refractivity contribution in [2.75, 3.05) is 6.61 Å². The third kappa shape index (κ3) is 6.97. The van der Waals surface area contributed by atoms with Gasteiger partial charge in [0.1, 0.15) is 36.7 Å². The van der Waals surface area contributed by atoms with Crippen molar-refractivity contribution in [3.63, 3.8) is 0 Å². The Labute approximate surface area is 232 Å². The third-order valence-corrected chi connectivity index (χ3v) is 7.68. The van der Waals surface area contributed by atoms with E-state index < -0.39 is 67.8 Å². The van der Waals surface area contributed by atoms with Crippen LogP contribution in [0.25, 0.3) is 5.69 Å². The molecule has 0 bridgehead atoms. The topological polar surface area (TPSA) is 189 Å². The highest BCUT2D eigenvalue weighted by atomic mass is 31.2. The van der Waals surface area contributed by atoms with E-state index in [1.54, 1.807) is 26.0 Å². The van der Waals surface area contributed by atoms with E-state index in [1.165, 1.54) is 36.4 Å². The molecule has 1 saturated heterocycles. The number of aromatic nitrogens is 5. The maximum absolute atomic E-state index is 15.6. The molecule has 1 aliphatic heterocycles. The van der Waals surface area contributed by atoms with Gasteiger partial charge in [-0.2, -0.15) is 10.2 Å². The number of ether oxygens (including phenoxy) is 2. The molecule has 4 rings (SSSR count). The molecule has 2 unspecified atom stereocenters. The average Bonchev–Trinajstić information content (AvgIpc) is 3.51. The zero-order valence-electron chi connectivity index (χ0n) is 22.5. The number of benzene rings is 1. The smallest absolute Gasteiger partial charge is 0.459 e. The predicted molar refractivity (Wildman–Crippen MR) is 140 cm³/mol. The van der Waals surface area contributed by atoms with Gasteiger partial charge < -0.3 is 19.1 Å². The van der Waals surface area contributed by atoms with E-state index in [-0.39, 0.29) is 5.75 Å². The number of H-pyrrole nitrogens is 1. The van der Waals surface area contributed by atoms with Crippen molar-refractivity contribution in [2.45, 2.75) is 63.9 Å². The van der Waals surface area contributed by atoms with Gasteiger partial charge in [-0.1, -0.05) is 0 Å². The van der Waals surface area contributed by atoms with Crippen molar-refractivity contribution >= 4 is 13.7 Å². The molecule has 3 N–H and O–H groups in total. The van der Waals surface area contributed by atoms with Gasteiger partial charge >= 0.3 is 19.4 Å². The molecule has 3 aromatic rings. The molecular weight excluding hydrogens is 566 g/mol. The summed E-state index contributed by atoms with van der Waals surface area (Å²) < 4.78 is 53.6. The Bertz CT molecular complexity index is 1510. The first-order chi connectivity index (χ1) is 19.3. The van der Waals surface area contributed by atoms with E-state index in [0.717, 1.165) is 23.8 Å². The lowest BCUT2D eigenvalue weighted by Crippen LogP contribution is -2.43. The minimum Gasteiger partial charge on any atom is -0.462 e. The summed E-state index contributed by atoms with van der Waals surface area (Å²) in [6.45, 7) is 5.00. The molecule has 2 aromatic heterocycles. The highest BCUT2D eigenvalue weighted by molar-refractivity contribution is 7.52. The molecule has 1 fully saturated rings. The number of alkyl halides is 1. The van der Waals surface area contributed by atoms with Crippen LogP contribution in [0.3, 0.4) is 0 Å². The van der Waals surface area contributed by atoms with Gasteiger partial charge in [0.15, 0.2) is 11.9 Å². The fraction of sp³-hybridized carbons (Fsp3) is 0.458. The van der Waals surface area contributed by atoms with Gasteiger partial charge in [-0.25, -0.2) is 23.4 Å². The van der Waals surface area contributed by atoms with Gasteiger partial charge in [0.25, 0.3) is 5.56 Å². The van der Waals surface area contributed by atoms with Crippen LogP contribution in [-0.4, -0.2) is 72.0 Å². The number of nitrogens with zero attached hydrogens (tertiary/aromatic N) is 4. The van der Waals surface area contributed by atoms with Crippen LogP contribution in [0.15, 0.2) is 58.8 Å². The fourth-order valence-electron chi connectivity index (χ4n) is 3.99. The molecule has 1 aromatic carbocycles. The number of carbonyl (C=O) groups is 1. The largest absolute Gasteiger partial charge is 0.462 e. The van der Waals surface area contributed by atoms with Crippen LogP contribution in [0.5, 0.6) is 5.75 Å². The van der Waals surface area contributed by atoms with Gasteiger partial charge in [0.05, 0.1) is 18.4 Å². The summed E-state index contributed by atoms with van der Waals surface area (Å²) in [5, 5.41) is 17.2. The highest BCUT2D eigenvalue weighted by Crippen LogP contribution is 2.47. The molecule has 0 aliphatic carbocycles. The van der Waals surface area contributed by atoms with Crippen LogP contribution in [-0.2, 0) is 23.4 Å². The number of carbonyl (C=O) groups excluding carboxylic acids is 1. The summed E-state index contributed by atoms with van der Waals surface area (Å²) in [5.41, 5.74) is -3.54. The molecule has 15 nitrogen and oxygen atoms in total. The quantitative estimate of drug-likeness (QED) is 0.212. The highest BCUT2D eigenvalue weighted by Gasteiger charge is 2.56. The second-order valence-electron chi connectivity index (χ2n) is 9.70. The Morgan fingerprint density at radius 1 is 1.27 bits per heavy atom. The van der Waals surface area contributed by atoms with Crippen LogP contribution in [0.2, 0.25) is 0 Å². The van der Waals surface area contributed by atoms with Crippen molar-refractivity contribution in [3.8, 4) is 11.4 Å². The molecule has 3 heterocycles. The lowest BCUT2D eigenvalue weighted by atomic mass is 9.98. The normalized spacial score (nSPS) is 24.6. The summed E-state index contributed by atoms with van der Waals surface area (Å²) >= 11 is 0. The Hall–Kier alpha value is -3.69. The number of aliphatic hydroxyl groups excluding tert-OH is 1. The molecule has 0 radical (unpaired) electrons. The number of rotatable bonds is 11. The lowest BCUT2D eigenvalue weighted by Gasteiger charge is -2.25. The minimum absolute atomic E-state index is 0.0787. The predicted octanol–water partition coefficient (Wildman–Crippen LogP) is 1.24. The second kappa shape index (κ2) is 12.0. The van der Waals surface area contributed by atoms with E-state index in [4.69, 9.17) is 18.5 Å². The summed E-state index contributed by atoms with van der Waals surface area (Å²) in [5.74, 6) is -0.657. The van der Waals surface area contributed by atoms with Crippen molar-refractivity contribution in [1.82, 2.24) is 29.4 Å². The molecule has 0 saturated carbocycles. The first-order valence-corrected chi connectivity index (χ1v) is 14.0. The van der Waals surface area contributed by atoms with Crippen molar-refractivity contribution in [2.24, 2.45) is 0 Å². The maximum Gasteiger partial charge on any atom is 0.459 e. The van der Waals surface area contributed by atoms with Gasteiger partial charge in [-0.15, -0.1) is 0 Å². The number of nitrogens with one attached hydrogen (secondary N) is 2. The van der Waals surface area contributed by atoms with Gasteiger partial charge in [-0.3, -0.25) is 23.7 Å². The van der Waals surface area contributed by atoms with Crippen LogP contribution < -0.4 is 20.9 Å². The number of hydrogen-bond donors (Lipinski definition) is 3. The molecular formula is C24H30FN6O9P. The maximum atomic E-state index is 15.6. The van der Waals surface area contributed by atoms with E-state index in [0.29, 0.717) is 5.69 Å². The fourth-order valence-corrected chi connectivity index (χ4v) is 5.49. The Morgan fingerprint density at radius 2 is 1.98 bits per heavy atom. The number of halogens is 1. The van der Waals surface area contributed by atoms with Gasteiger partial charge in [-0.05, 0) is 52.0 Å². The SMILES string of the molecule is CC(C)OC(=O)C(C)NP(=O)(OC[C@H]1O[C@@H](n2ccc(=O)[nH]c2=O)[C@](C)(F)[C@@H]1O)Oc1ccc(-n2cncn2)cc1. The summed E-state index contributed by atoms with van der Waals surface area (Å²) in [6, 6.07) is 6.00. The molecule has 0 spiro atoms. The van der Waals surface area contributed by atoms with E-state index in [2.05, 4.69) is 15.2 Å². The lowest BCUT2D eigenvalue weighted by molar-refractivity contribution is -0.149. The van der Waals surface area contributed by atoms with E-state index in [9.17, 15) is 24.1 Å². The van der Waals surface area contributed by atoms with E-state index >= 15 is 4.39 Å². The summed E-state index contributed by atoms with van der Waals surface area (Å²) in [4.78, 5) is 41.9. The number of esters is 1. The Morgan fingerprint density at radius 3 is 2.59 bits per heavy atom. The monoisotopic (exact) mass is 596 g/mol. The summed E-state index contributed by atoms with van der Waals surface area (Å²) in [7, 11) is -4.41. The molecule has 41 heavy (non-hydrogen) atoms. The molecule has 0 amide bonds. The first-order valence-electron chi connectivity index (χ1n) is 12.5. The van der Waals surface area contributed by atoms with E-state index in [1.807, 2.05) is 4.98 Å². The number of aromatic amines is 1. The average molecular weight is 597 g/mol. The molecule has 1 aliphatic rings. The van der Waals surface area contributed by atoms with Crippen molar-refractivity contribution in [1.29, 1.82) is 0 Å². The summed E-state index contributed by atoms with van der Waals surface area (Å²) in [6.07, 6.45) is -1.50. The van der Waals surface area contributed by atoms with Gasteiger partial charge in [0, 0.05) is 12.3 Å². The van der Waals surface area contributed by atoms with Crippen LogP contribution in [0.4, 0.5) is 4.39 Å². The molecule has 17 heteroatoms. The van der Waals surface area contributed by atoms with Crippen LogP contribution in [0.1, 0.15) is 33.9 Å². The zero-order valence-corrected chi connectivity index (χ0v) is 23.4. The molecule has 6 atom stereocenters. The Kier molecular flexibility index (Phi) is 8.89. The Balaban J connectivity index is 1.54. The van der Waals surface area contributed by atoms with Crippen LogP contribution in [0, 0.1) is 0 Å².